The lowest BCUT2D eigenvalue weighted by Gasteiger charge is -2.30. The third-order valence-electron chi connectivity index (χ3n) is 3.02. The smallest absolute Gasteiger partial charge is 0.414 e. The van der Waals surface area contributed by atoms with Gasteiger partial charge in [0.15, 0.2) is 0 Å². The van der Waals surface area contributed by atoms with Gasteiger partial charge in [-0.3, -0.25) is 10.1 Å². The molecule has 0 radical (unpaired) electrons. The second-order valence-electron chi connectivity index (χ2n) is 7.14. The molecule has 0 aromatic heterocycles. The molecule has 0 saturated carbocycles. The van der Waals surface area contributed by atoms with Gasteiger partial charge in [-0.25, -0.2) is 4.79 Å². The number of rotatable bonds is 4. The summed E-state index contributed by atoms with van der Waals surface area (Å²) in [7, 11) is 0. The summed E-state index contributed by atoms with van der Waals surface area (Å²) in [5.74, 6) is -0.310. The zero-order chi connectivity index (χ0) is 16.1. The Balaban J connectivity index is 2.48. The van der Waals surface area contributed by atoms with Gasteiger partial charge in [0.1, 0.15) is 6.61 Å². The predicted octanol–water partition coefficient (Wildman–Crippen LogP) is 3.90. The molecule has 0 aliphatic heterocycles. The summed E-state index contributed by atoms with van der Waals surface area (Å²) in [5, 5.41) is 2.31. The highest BCUT2D eigenvalue weighted by molar-refractivity contribution is 5.94. The van der Waals surface area contributed by atoms with Crippen LogP contribution in [0.5, 0.6) is 0 Å². The molecule has 0 aliphatic carbocycles. The van der Waals surface area contributed by atoms with Gasteiger partial charge in [-0.1, -0.05) is 65.0 Å². The molecule has 0 aliphatic rings. The largest absolute Gasteiger partial charge is 0.444 e. The van der Waals surface area contributed by atoms with Crippen LogP contribution in [0.25, 0.3) is 0 Å². The van der Waals surface area contributed by atoms with E-state index in [4.69, 9.17) is 4.74 Å². The van der Waals surface area contributed by atoms with E-state index in [-0.39, 0.29) is 17.9 Å². The molecule has 2 amide bonds. The highest BCUT2D eigenvalue weighted by Crippen LogP contribution is 2.33. The maximum Gasteiger partial charge on any atom is 0.414 e. The normalized spacial score (nSPS) is 11.9. The van der Waals surface area contributed by atoms with Crippen molar-refractivity contribution in [1.82, 2.24) is 5.32 Å². The summed E-state index contributed by atoms with van der Waals surface area (Å²) in [6.45, 7) is 10.0. The van der Waals surface area contributed by atoms with Crippen molar-refractivity contribution in [2.24, 2.45) is 10.8 Å². The van der Waals surface area contributed by atoms with E-state index < -0.39 is 11.5 Å². The van der Waals surface area contributed by atoms with Gasteiger partial charge >= 0.3 is 6.09 Å². The van der Waals surface area contributed by atoms with E-state index in [0.717, 1.165) is 5.56 Å². The van der Waals surface area contributed by atoms with Crippen LogP contribution in [0.4, 0.5) is 4.79 Å². The average molecular weight is 291 g/mol. The molecule has 1 aromatic carbocycles. The second-order valence-corrected chi connectivity index (χ2v) is 7.14. The standard InChI is InChI=1S/C17H25NO3/c1-16(2,3)12-17(4,5)14(19)18-15(20)21-11-13-9-7-6-8-10-13/h6-10H,11-12H2,1-5H3,(H,18,19,20). The van der Waals surface area contributed by atoms with Crippen LogP contribution in [0.2, 0.25) is 0 Å². The molecule has 0 fully saturated rings. The molecule has 0 heterocycles. The SMILES string of the molecule is CC(C)(C)CC(C)(C)C(=O)NC(=O)OCc1ccccc1. The fraction of sp³-hybridized carbons (Fsp3) is 0.529. The predicted molar refractivity (Wildman–Crippen MR) is 82.6 cm³/mol. The lowest BCUT2D eigenvalue weighted by molar-refractivity contribution is -0.130. The lowest BCUT2D eigenvalue weighted by Crippen LogP contribution is -2.42. The van der Waals surface area contributed by atoms with Crippen LogP contribution >= 0.6 is 0 Å². The van der Waals surface area contributed by atoms with E-state index in [2.05, 4.69) is 26.1 Å². The monoisotopic (exact) mass is 291 g/mol. The Hall–Kier alpha value is -1.84. The van der Waals surface area contributed by atoms with Crippen molar-refractivity contribution < 1.29 is 14.3 Å². The van der Waals surface area contributed by atoms with E-state index in [0.29, 0.717) is 6.42 Å². The summed E-state index contributed by atoms with van der Waals surface area (Å²) in [4.78, 5) is 23.8. The Morgan fingerprint density at radius 1 is 1.05 bits per heavy atom. The summed E-state index contributed by atoms with van der Waals surface area (Å²) in [5.41, 5.74) is 0.271. The van der Waals surface area contributed by atoms with E-state index >= 15 is 0 Å². The average Bonchev–Trinajstić information content (AvgIpc) is 2.34. The fourth-order valence-corrected chi connectivity index (χ4v) is 2.43. The topological polar surface area (TPSA) is 55.4 Å². The highest BCUT2D eigenvalue weighted by Gasteiger charge is 2.33. The van der Waals surface area contributed by atoms with E-state index in [1.807, 2.05) is 44.2 Å². The molecular formula is C17H25NO3. The van der Waals surface area contributed by atoms with Crippen molar-refractivity contribution in [2.45, 2.75) is 47.6 Å². The molecule has 21 heavy (non-hydrogen) atoms. The third-order valence-corrected chi connectivity index (χ3v) is 3.02. The number of benzene rings is 1. The summed E-state index contributed by atoms with van der Waals surface area (Å²) < 4.78 is 5.05. The molecule has 4 nitrogen and oxygen atoms in total. The molecule has 0 spiro atoms. The third kappa shape index (κ3) is 6.43. The number of nitrogens with one attached hydrogen (secondary N) is 1. The van der Waals surface area contributed by atoms with E-state index in [1.165, 1.54) is 0 Å². The molecule has 1 N–H and O–H groups in total. The maximum absolute atomic E-state index is 12.2. The molecule has 0 atom stereocenters. The van der Waals surface area contributed by atoms with E-state index in [1.54, 1.807) is 0 Å². The second kappa shape index (κ2) is 6.74. The Labute approximate surface area is 126 Å². The van der Waals surface area contributed by atoms with Crippen molar-refractivity contribution in [2.75, 3.05) is 0 Å². The first-order valence-corrected chi connectivity index (χ1v) is 7.12. The minimum atomic E-state index is -0.703. The van der Waals surface area contributed by atoms with Crippen molar-refractivity contribution in [3.05, 3.63) is 35.9 Å². The number of hydrogen-bond acceptors (Lipinski definition) is 3. The van der Waals surface area contributed by atoms with Gasteiger partial charge in [0.05, 0.1) is 0 Å². The number of carbonyl (C=O) groups is 2. The minimum absolute atomic E-state index is 0.00871. The molecule has 1 rings (SSSR count). The van der Waals surface area contributed by atoms with Crippen molar-refractivity contribution in [3.8, 4) is 0 Å². The minimum Gasteiger partial charge on any atom is -0.444 e. The number of hydrogen-bond donors (Lipinski definition) is 1. The van der Waals surface area contributed by atoms with Crippen LogP contribution in [0.3, 0.4) is 0 Å². The van der Waals surface area contributed by atoms with Gasteiger partial charge in [-0.05, 0) is 17.4 Å². The number of alkyl carbamates (subject to hydrolysis) is 1. The quantitative estimate of drug-likeness (QED) is 0.915. The molecule has 0 unspecified atom stereocenters. The first-order chi connectivity index (χ1) is 9.60. The van der Waals surface area contributed by atoms with E-state index in [9.17, 15) is 9.59 Å². The number of amides is 2. The van der Waals surface area contributed by atoms with Crippen LogP contribution in [-0.2, 0) is 16.1 Å². The van der Waals surface area contributed by atoms with Gasteiger partial charge < -0.3 is 4.74 Å². The summed E-state index contributed by atoms with van der Waals surface area (Å²) >= 11 is 0. The Bertz CT molecular complexity index is 487. The molecule has 1 aromatic rings. The van der Waals surface area contributed by atoms with Crippen molar-refractivity contribution in [3.63, 3.8) is 0 Å². The zero-order valence-electron chi connectivity index (χ0n) is 13.5. The van der Waals surface area contributed by atoms with Crippen molar-refractivity contribution in [1.29, 1.82) is 0 Å². The molecule has 0 saturated heterocycles. The highest BCUT2D eigenvalue weighted by atomic mass is 16.5. The Kier molecular flexibility index (Phi) is 5.53. The Morgan fingerprint density at radius 3 is 2.14 bits per heavy atom. The first kappa shape index (κ1) is 17.2. The molecular weight excluding hydrogens is 266 g/mol. The van der Waals surface area contributed by atoms with Gasteiger partial charge in [0, 0.05) is 5.41 Å². The van der Waals surface area contributed by atoms with Crippen LogP contribution in [0, 0.1) is 10.8 Å². The van der Waals surface area contributed by atoms with Gasteiger partial charge in [-0.2, -0.15) is 0 Å². The number of carbonyl (C=O) groups excluding carboxylic acids is 2. The first-order valence-electron chi connectivity index (χ1n) is 7.12. The Morgan fingerprint density at radius 2 is 1.62 bits per heavy atom. The number of imide groups is 1. The summed E-state index contributed by atoms with van der Waals surface area (Å²) in [6.07, 6.45) is -0.0246. The molecule has 4 heteroatoms. The van der Waals surface area contributed by atoms with Gasteiger partial charge in [-0.15, -0.1) is 0 Å². The van der Waals surface area contributed by atoms with Crippen LogP contribution in [0.15, 0.2) is 30.3 Å². The van der Waals surface area contributed by atoms with Gasteiger partial charge in [0.25, 0.3) is 0 Å². The fourth-order valence-electron chi connectivity index (χ4n) is 2.43. The lowest BCUT2D eigenvalue weighted by atomic mass is 9.76. The van der Waals surface area contributed by atoms with Gasteiger partial charge in [0.2, 0.25) is 5.91 Å². The number of ether oxygens (including phenoxy) is 1. The molecule has 0 bridgehead atoms. The summed E-state index contributed by atoms with van der Waals surface area (Å²) in [6, 6.07) is 9.35. The molecule has 116 valence electrons. The van der Waals surface area contributed by atoms with Crippen molar-refractivity contribution >= 4 is 12.0 Å². The van der Waals surface area contributed by atoms with Crippen LogP contribution < -0.4 is 5.32 Å². The maximum atomic E-state index is 12.2. The zero-order valence-corrected chi connectivity index (χ0v) is 13.5. The van der Waals surface area contributed by atoms with Crippen LogP contribution in [0.1, 0.15) is 46.6 Å². The van der Waals surface area contributed by atoms with Crippen LogP contribution in [-0.4, -0.2) is 12.0 Å².